The van der Waals surface area contributed by atoms with Gasteiger partial charge in [-0.25, -0.2) is 22.5 Å². The third-order valence-electron chi connectivity index (χ3n) is 10.0. The van der Waals surface area contributed by atoms with Crippen molar-refractivity contribution >= 4 is 72.7 Å². The van der Waals surface area contributed by atoms with E-state index >= 15 is 0 Å². The summed E-state index contributed by atoms with van der Waals surface area (Å²) in [5.41, 5.74) is 7.35. The Bertz CT molecular complexity index is 2360. The fourth-order valence-electron chi connectivity index (χ4n) is 7.31. The maximum Gasteiger partial charge on any atom is 0.255 e. The van der Waals surface area contributed by atoms with Crippen LogP contribution in [0.3, 0.4) is 0 Å². The Balaban J connectivity index is 0.971. The van der Waals surface area contributed by atoms with Crippen LogP contribution in [-0.2, 0) is 26.2 Å². The molecule has 56 heavy (non-hydrogen) atoms. The number of nitrogens with one attached hydrogen (secondary N) is 4. The molecule has 2 aliphatic heterocycles. The van der Waals surface area contributed by atoms with Gasteiger partial charge in [0, 0.05) is 35.5 Å². The molecule has 2 unspecified atom stereocenters. The van der Waals surface area contributed by atoms with Gasteiger partial charge in [-0.3, -0.25) is 24.5 Å². The zero-order chi connectivity index (χ0) is 39.7. The van der Waals surface area contributed by atoms with Crippen LogP contribution in [0.15, 0.2) is 70.2 Å². The number of primary amides is 1. The molecule has 3 heterocycles. The number of nitrogens with two attached hydrogens (primary N) is 1. The van der Waals surface area contributed by atoms with Crippen molar-refractivity contribution in [2.75, 3.05) is 10.6 Å². The topological polar surface area (TPSA) is 215 Å². The van der Waals surface area contributed by atoms with Crippen molar-refractivity contribution in [1.82, 2.24) is 24.9 Å². The minimum absolute atomic E-state index is 0.120. The number of benzene rings is 3. The first-order valence-corrected chi connectivity index (χ1v) is 20.3. The van der Waals surface area contributed by atoms with E-state index in [2.05, 4.69) is 46.6 Å². The second-order valence-electron chi connectivity index (χ2n) is 13.9. The molecule has 2 fully saturated rings. The molecule has 1 saturated carbocycles. The number of carbonyl (C=O) groups is 4. The van der Waals surface area contributed by atoms with Gasteiger partial charge in [0.1, 0.15) is 23.4 Å². The van der Waals surface area contributed by atoms with Crippen molar-refractivity contribution in [2.24, 2.45) is 5.73 Å². The third-order valence-corrected chi connectivity index (χ3v) is 12.3. The summed E-state index contributed by atoms with van der Waals surface area (Å²) in [4.78, 5) is 59.6. The van der Waals surface area contributed by atoms with Gasteiger partial charge in [-0.2, -0.15) is 4.98 Å². The highest BCUT2D eigenvalue weighted by Gasteiger charge is 2.40. The highest BCUT2D eigenvalue weighted by atomic mass is 79.9. The van der Waals surface area contributed by atoms with Gasteiger partial charge in [0.15, 0.2) is 0 Å². The molecule has 3 aromatic carbocycles. The zero-order valence-corrected chi connectivity index (χ0v) is 32.5. The van der Waals surface area contributed by atoms with Crippen molar-refractivity contribution < 1.29 is 36.7 Å². The summed E-state index contributed by atoms with van der Waals surface area (Å²) in [5, 5.41) is 8.28. The Hall–Kier alpha value is -5.46. The van der Waals surface area contributed by atoms with Gasteiger partial charge < -0.3 is 26.0 Å². The predicted octanol–water partition coefficient (Wildman–Crippen LogP) is 5.09. The van der Waals surface area contributed by atoms with Crippen LogP contribution < -0.4 is 31.1 Å². The van der Waals surface area contributed by atoms with Crippen molar-refractivity contribution in [1.29, 1.82) is 0 Å². The fraction of sp³-hybridized carbons (Fsp3) is 0.316. The van der Waals surface area contributed by atoms with Crippen LogP contribution in [0.4, 0.5) is 27.5 Å². The number of halogens is 2. The second-order valence-corrected chi connectivity index (χ2v) is 16.4. The summed E-state index contributed by atoms with van der Waals surface area (Å²) in [7, 11) is -3.90. The van der Waals surface area contributed by atoms with E-state index in [1.165, 1.54) is 29.3 Å². The smallest absolute Gasteiger partial charge is 0.255 e. The summed E-state index contributed by atoms with van der Waals surface area (Å²) < 4.78 is 51.4. The molecule has 0 spiro atoms. The number of amides is 4. The predicted molar refractivity (Wildman–Crippen MR) is 206 cm³/mol. The number of hydrogen-bond acceptors (Lipinski definition) is 11. The summed E-state index contributed by atoms with van der Waals surface area (Å²) in [6.07, 6.45) is 4.81. The molecular weight excluding hydrogens is 811 g/mol. The van der Waals surface area contributed by atoms with Gasteiger partial charge in [0.2, 0.25) is 27.8 Å². The Morgan fingerprint density at radius 2 is 1.84 bits per heavy atom. The van der Waals surface area contributed by atoms with E-state index < -0.39 is 33.7 Å². The number of imide groups is 1. The van der Waals surface area contributed by atoms with E-state index in [-0.39, 0.29) is 71.3 Å². The molecule has 15 nitrogen and oxygen atoms in total. The Labute approximate surface area is 330 Å². The Morgan fingerprint density at radius 3 is 2.61 bits per heavy atom. The first-order chi connectivity index (χ1) is 26.8. The van der Waals surface area contributed by atoms with Gasteiger partial charge in [-0.1, -0.05) is 12.1 Å². The lowest BCUT2D eigenvalue weighted by Crippen LogP contribution is -2.52. The molecule has 0 bridgehead atoms. The fourth-order valence-corrected chi connectivity index (χ4v) is 9.13. The molecule has 6 N–H and O–H groups in total. The molecule has 7 rings (SSSR count). The summed E-state index contributed by atoms with van der Waals surface area (Å²) in [6, 6.07) is 13.0. The molecule has 0 radical (unpaired) electrons. The van der Waals surface area contributed by atoms with Crippen molar-refractivity contribution in [3.05, 3.63) is 93.3 Å². The minimum Gasteiger partial charge on any atom is -0.490 e. The largest absolute Gasteiger partial charge is 0.490 e. The SMILES string of the molecule is Cc1cc(Nc2ncc(Br)c(Nc3cccc(F)c3C(N)=O)n2)ccc1S(=O)(=O)N[C@@H]1CCCC(Oc2cccc3c2CN(C2CCC(=O)NC2=O)C3=O)CC1. The lowest BCUT2D eigenvalue weighted by molar-refractivity contribution is -0.136. The highest BCUT2D eigenvalue weighted by molar-refractivity contribution is 9.10. The summed E-state index contributed by atoms with van der Waals surface area (Å²) >= 11 is 3.35. The zero-order valence-electron chi connectivity index (χ0n) is 30.1. The molecule has 3 aliphatic rings. The molecule has 18 heteroatoms. The van der Waals surface area contributed by atoms with Crippen LogP contribution in [0.1, 0.15) is 76.8 Å². The highest BCUT2D eigenvalue weighted by Crippen LogP contribution is 2.36. The number of aromatic nitrogens is 2. The number of hydrogen-bond donors (Lipinski definition) is 5. The van der Waals surface area contributed by atoms with E-state index in [1.807, 2.05) is 0 Å². The van der Waals surface area contributed by atoms with Gasteiger partial charge in [-0.15, -0.1) is 0 Å². The molecule has 1 aliphatic carbocycles. The molecule has 3 atom stereocenters. The average molecular weight is 850 g/mol. The van der Waals surface area contributed by atoms with Gasteiger partial charge in [0.25, 0.3) is 11.8 Å². The standard InChI is InChI=1S/C38H38BrFN8O7S/c1-20-17-22(43-38-42-18-26(39)35(46-38)44-28-9-4-8-27(40)33(28)34(41)50)12-15-31(20)56(53,54)47-21-5-2-6-23(13-11-21)55-30-10-3-7-24-25(30)19-48(37(24)52)29-14-16-32(49)45-36(29)51/h3-4,7-10,12,15,17-18,21,23,29,47H,2,5-6,11,13-14,16,19H2,1H3,(H2,41,50)(H,45,49,51)(H2,42,43,44,46)/t21-,23?,29?/m1/s1. The Kier molecular flexibility index (Phi) is 11.1. The maximum atomic E-state index is 14.3. The number of sulfonamides is 1. The van der Waals surface area contributed by atoms with Crippen molar-refractivity contribution in [3.8, 4) is 5.75 Å². The Morgan fingerprint density at radius 1 is 1.04 bits per heavy atom. The summed E-state index contributed by atoms with van der Waals surface area (Å²) in [6.45, 7) is 1.88. The van der Waals surface area contributed by atoms with E-state index in [0.29, 0.717) is 64.7 Å². The lowest BCUT2D eigenvalue weighted by atomic mass is 10.0. The minimum atomic E-state index is -3.90. The average Bonchev–Trinajstić information content (AvgIpc) is 3.32. The molecule has 1 aromatic heterocycles. The van der Waals surface area contributed by atoms with Gasteiger partial charge in [-0.05, 0) is 109 Å². The monoisotopic (exact) mass is 848 g/mol. The molecule has 292 valence electrons. The summed E-state index contributed by atoms with van der Waals surface area (Å²) in [5.74, 6) is -1.89. The van der Waals surface area contributed by atoms with Crippen molar-refractivity contribution in [2.45, 2.75) is 81.5 Å². The second kappa shape index (κ2) is 16.0. The number of aryl methyl sites for hydroxylation is 1. The van der Waals surface area contributed by atoms with Crippen LogP contribution in [0, 0.1) is 12.7 Å². The number of fused-ring (bicyclic) bond motifs is 1. The van der Waals surface area contributed by atoms with Crippen LogP contribution >= 0.6 is 15.9 Å². The molecule has 1 saturated heterocycles. The van der Waals surface area contributed by atoms with Crippen LogP contribution in [-0.4, -0.2) is 65.1 Å². The molecule has 4 amide bonds. The molecular formula is C38H38BrFN8O7S. The third kappa shape index (κ3) is 8.22. The van der Waals surface area contributed by atoms with E-state index in [4.69, 9.17) is 10.5 Å². The van der Waals surface area contributed by atoms with E-state index in [0.717, 1.165) is 6.07 Å². The van der Waals surface area contributed by atoms with Crippen molar-refractivity contribution in [3.63, 3.8) is 0 Å². The van der Waals surface area contributed by atoms with Crippen LogP contribution in [0.25, 0.3) is 0 Å². The quantitative estimate of drug-likeness (QED) is 0.0990. The van der Waals surface area contributed by atoms with Gasteiger partial charge in [0.05, 0.1) is 33.3 Å². The number of nitrogens with zero attached hydrogens (tertiary/aromatic N) is 3. The first kappa shape index (κ1) is 38.8. The van der Waals surface area contributed by atoms with Crippen LogP contribution in [0.5, 0.6) is 5.75 Å². The number of ether oxygens (including phenoxy) is 1. The maximum absolute atomic E-state index is 14.3. The number of rotatable bonds is 11. The number of piperidine rings is 1. The van der Waals surface area contributed by atoms with Crippen LogP contribution in [0.2, 0.25) is 0 Å². The number of anilines is 4. The van der Waals surface area contributed by atoms with E-state index in [9.17, 15) is 32.0 Å². The first-order valence-electron chi connectivity index (χ1n) is 18.0. The van der Waals surface area contributed by atoms with Gasteiger partial charge >= 0.3 is 0 Å². The lowest BCUT2D eigenvalue weighted by Gasteiger charge is -2.29. The van der Waals surface area contributed by atoms with E-state index in [1.54, 1.807) is 37.3 Å². The number of carbonyl (C=O) groups excluding carboxylic acids is 4. The normalized spacial score (nSPS) is 19.9. The molecule has 4 aromatic rings.